The molecule has 2 aromatic carbocycles. The van der Waals surface area contributed by atoms with Crippen LogP contribution in [0, 0.1) is 13.8 Å². The number of nitrogens with zero attached hydrogens (tertiary/aromatic N) is 1. The van der Waals surface area contributed by atoms with Crippen LogP contribution in [0.4, 0.5) is 5.69 Å². The number of hydrogen-bond donors (Lipinski definition) is 0. The van der Waals surface area contributed by atoms with E-state index < -0.39 is 0 Å². The van der Waals surface area contributed by atoms with Crippen LogP contribution in [0.2, 0.25) is 0 Å². The standard InChI is InChI=1S/C16H15N/c1-11-3-6-13(7-4-11)16-10-14-8-5-12(2)9-15(14)17-16/h3-9H,10H2,1-2H3. The molecule has 0 N–H and O–H groups in total. The highest BCUT2D eigenvalue weighted by Crippen LogP contribution is 2.29. The van der Waals surface area contributed by atoms with Crippen molar-refractivity contribution in [3.05, 3.63) is 64.7 Å². The number of rotatable bonds is 1. The van der Waals surface area contributed by atoms with Gasteiger partial charge in [-0.2, -0.15) is 0 Å². The van der Waals surface area contributed by atoms with Crippen molar-refractivity contribution < 1.29 is 0 Å². The predicted molar refractivity (Wildman–Crippen MR) is 72.3 cm³/mol. The molecule has 17 heavy (non-hydrogen) atoms. The van der Waals surface area contributed by atoms with Crippen molar-refractivity contribution >= 4 is 11.4 Å². The van der Waals surface area contributed by atoms with Gasteiger partial charge in [0.25, 0.3) is 0 Å². The molecule has 0 radical (unpaired) electrons. The molecule has 0 saturated carbocycles. The first kappa shape index (κ1) is 10.3. The van der Waals surface area contributed by atoms with Crippen LogP contribution in [-0.2, 0) is 6.42 Å². The van der Waals surface area contributed by atoms with Crippen LogP contribution in [0.5, 0.6) is 0 Å². The summed E-state index contributed by atoms with van der Waals surface area (Å²) in [5.74, 6) is 0. The minimum absolute atomic E-state index is 0.957. The van der Waals surface area contributed by atoms with E-state index in [-0.39, 0.29) is 0 Å². The first-order chi connectivity index (χ1) is 8.22. The fourth-order valence-corrected chi connectivity index (χ4v) is 2.21. The second-order valence-corrected chi connectivity index (χ2v) is 4.73. The van der Waals surface area contributed by atoms with Crippen molar-refractivity contribution in [2.45, 2.75) is 20.3 Å². The summed E-state index contributed by atoms with van der Waals surface area (Å²) in [6.45, 7) is 4.22. The Morgan fingerprint density at radius 2 is 1.59 bits per heavy atom. The summed E-state index contributed by atoms with van der Waals surface area (Å²) in [6, 6.07) is 15.1. The Bertz CT molecular complexity index is 591. The van der Waals surface area contributed by atoms with Crippen molar-refractivity contribution in [1.82, 2.24) is 0 Å². The summed E-state index contributed by atoms with van der Waals surface area (Å²) in [5, 5.41) is 0. The van der Waals surface area contributed by atoms with Gasteiger partial charge >= 0.3 is 0 Å². The average Bonchev–Trinajstić information content (AvgIpc) is 2.72. The fraction of sp³-hybridized carbons (Fsp3) is 0.188. The first-order valence-electron chi connectivity index (χ1n) is 5.96. The maximum absolute atomic E-state index is 4.73. The highest BCUT2D eigenvalue weighted by atomic mass is 14.8. The molecule has 0 fully saturated rings. The van der Waals surface area contributed by atoms with E-state index in [1.807, 2.05) is 0 Å². The molecule has 3 rings (SSSR count). The smallest absolute Gasteiger partial charge is 0.0671 e. The number of benzene rings is 2. The van der Waals surface area contributed by atoms with E-state index in [9.17, 15) is 0 Å². The molecule has 1 aliphatic rings. The molecule has 1 aliphatic heterocycles. The summed E-state index contributed by atoms with van der Waals surface area (Å²) < 4.78 is 0. The van der Waals surface area contributed by atoms with Crippen LogP contribution < -0.4 is 0 Å². The zero-order valence-corrected chi connectivity index (χ0v) is 10.2. The Hall–Kier alpha value is -1.89. The van der Waals surface area contributed by atoms with E-state index in [1.54, 1.807) is 0 Å². The third-order valence-corrected chi connectivity index (χ3v) is 3.24. The maximum Gasteiger partial charge on any atom is 0.0671 e. The molecule has 2 aromatic rings. The Morgan fingerprint density at radius 1 is 0.882 bits per heavy atom. The minimum atomic E-state index is 0.957. The van der Waals surface area contributed by atoms with E-state index in [1.165, 1.54) is 28.0 Å². The SMILES string of the molecule is Cc1ccc(C2=Nc3cc(C)ccc3C2)cc1. The van der Waals surface area contributed by atoms with Gasteiger partial charge < -0.3 is 0 Å². The van der Waals surface area contributed by atoms with Gasteiger partial charge in [0, 0.05) is 6.42 Å². The molecule has 0 aliphatic carbocycles. The summed E-state index contributed by atoms with van der Waals surface area (Å²) in [7, 11) is 0. The predicted octanol–water partition coefficient (Wildman–Crippen LogP) is 3.98. The summed E-state index contributed by atoms with van der Waals surface area (Å²) in [6.07, 6.45) is 0.957. The number of fused-ring (bicyclic) bond motifs is 1. The van der Waals surface area contributed by atoms with Crippen LogP contribution in [-0.4, -0.2) is 5.71 Å². The molecule has 84 valence electrons. The summed E-state index contributed by atoms with van der Waals surface area (Å²) in [4.78, 5) is 4.73. The lowest BCUT2D eigenvalue weighted by molar-refractivity contribution is 1.35. The van der Waals surface area contributed by atoms with Crippen molar-refractivity contribution in [1.29, 1.82) is 0 Å². The average molecular weight is 221 g/mol. The molecule has 0 amide bonds. The first-order valence-corrected chi connectivity index (χ1v) is 5.96. The van der Waals surface area contributed by atoms with Crippen molar-refractivity contribution in [2.24, 2.45) is 4.99 Å². The topological polar surface area (TPSA) is 12.4 Å². The lowest BCUT2D eigenvalue weighted by Gasteiger charge is -2.00. The fourth-order valence-electron chi connectivity index (χ4n) is 2.21. The van der Waals surface area contributed by atoms with Crippen LogP contribution >= 0.6 is 0 Å². The second kappa shape index (κ2) is 3.85. The normalized spacial score (nSPS) is 13.4. The molecule has 0 spiro atoms. The van der Waals surface area contributed by atoms with E-state index in [0.29, 0.717) is 0 Å². The lowest BCUT2D eigenvalue weighted by atomic mass is 10.0. The zero-order valence-electron chi connectivity index (χ0n) is 10.2. The van der Waals surface area contributed by atoms with Gasteiger partial charge in [-0.3, -0.25) is 4.99 Å². The summed E-state index contributed by atoms with van der Waals surface area (Å²) >= 11 is 0. The van der Waals surface area contributed by atoms with E-state index in [2.05, 4.69) is 56.3 Å². The van der Waals surface area contributed by atoms with Gasteiger partial charge in [0.15, 0.2) is 0 Å². The molecule has 1 heterocycles. The Labute approximate surface area is 102 Å². The van der Waals surface area contributed by atoms with Gasteiger partial charge in [0.2, 0.25) is 0 Å². The third kappa shape index (κ3) is 1.89. The van der Waals surface area contributed by atoms with Crippen molar-refractivity contribution in [3.63, 3.8) is 0 Å². The lowest BCUT2D eigenvalue weighted by Crippen LogP contribution is -1.99. The molecule has 0 aromatic heterocycles. The van der Waals surface area contributed by atoms with E-state index in [0.717, 1.165) is 12.1 Å². The molecule has 0 atom stereocenters. The molecule has 1 heteroatoms. The monoisotopic (exact) mass is 221 g/mol. The number of aryl methyl sites for hydroxylation is 2. The van der Waals surface area contributed by atoms with Crippen LogP contribution in [0.25, 0.3) is 0 Å². The summed E-state index contributed by atoms with van der Waals surface area (Å²) in [5.41, 5.74) is 7.47. The largest absolute Gasteiger partial charge is 0.252 e. The molecule has 0 saturated heterocycles. The van der Waals surface area contributed by atoms with Gasteiger partial charge in [-0.05, 0) is 36.6 Å². The Morgan fingerprint density at radius 3 is 2.35 bits per heavy atom. The third-order valence-electron chi connectivity index (χ3n) is 3.24. The highest BCUT2D eigenvalue weighted by molar-refractivity contribution is 6.06. The number of hydrogen-bond acceptors (Lipinski definition) is 1. The quantitative estimate of drug-likeness (QED) is 0.690. The number of aliphatic imine (C=N–C) groups is 1. The highest BCUT2D eigenvalue weighted by Gasteiger charge is 2.15. The van der Waals surface area contributed by atoms with Crippen LogP contribution in [0.15, 0.2) is 47.5 Å². The van der Waals surface area contributed by atoms with Gasteiger partial charge in [0.1, 0.15) is 0 Å². The molecule has 1 nitrogen and oxygen atoms in total. The maximum atomic E-state index is 4.73. The van der Waals surface area contributed by atoms with Gasteiger partial charge in [-0.15, -0.1) is 0 Å². The second-order valence-electron chi connectivity index (χ2n) is 4.73. The van der Waals surface area contributed by atoms with E-state index in [4.69, 9.17) is 4.99 Å². The Balaban J connectivity index is 1.99. The van der Waals surface area contributed by atoms with Gasteiger partial charge in [-0.1, -0.05) is 42.0 Å². The van der Waals surface area contributed by atoms with Crippen LogP contribution in [0.3, 0.4) is 0 Å². The van der Waals surface area contributed by atoms with Crippen molar-refractivity contribution in [3.8, 4) is 0 Å². The molecule has 0 bridgehead atoms. The molecule has 0 unspecified atom stereocenters. The van der Waals surface area contributed by atoms with Crippen LogP contribution in [0.1, 0.15) is 22.3 Å². The minimum Gasteiger partial charge on any atom is -0.252 e. The Kier molecular flexibility index (Phi) is 2.32. The van der Waals surface area contributed by atoms with Gasteiger partial charge in [-0.25, -0.2) is 0 Å². The molecular weight excluding hydrogens is 206 g/mol. The van der Waals surface area contributed by atoms with Gasteiger partial charge in [0.05, 0.1) is 11.4 Å². The zero-order chi connectivity index (χ0) is 11.8. The van der Waals surface area contributed by atoms with E-state index >= 15 is 0 Å². The molecular formula is C16H15N. The van der Waals surface area contributed by atoms with Crippen molar-refractivity contribution in [2.75, 3.05) is 0 Å².